The molecule has 106 valence electrons. The van der Waals surface area contributed by atoms with Gasteiger partial charge in [0.1, 0.15) is 0 Å². The Kier molecular flexibility index (Phi) is 5.41. The average molecular weight is 262 g/mol. The molecule has 0 aliphatic carbocycles. The van der Waals surface area contributed by atoms with Crippen molar-refractivity contribution in [3.05, 3.63) is 34.9 Å². The fourth-order valence-corrected chi connectivity index (χ4v) is 2.97. The maximum atomic E-state index is 10.2. The van der Waals surface area contributed by atoms with Crippen LogP contribution in [0, 0.1) is 13.8 Å². The highest BCUT2D eigenvalue weighted by Crippen LogP contribution is 2.19. The van der Waals surface area contributed by atoms with Crippen LogP contribution >= 0.6 is 0 Å². The summed E-state index contributed by atoms with van der Waals surface area (Å²) >= 11 is 0. The van der Waals surface area contributed by atoms with Crippen molar-refractivity contribution in [2.24, 2.45) is 0 Å². The van der Waals surface area contributed by atoms with E-state index in [2.05, 4.69) is 32.0 Å². The first-order valence-corrected chi connectivity index (χ1v) is 7.50. The fraction of sp³-hybridized carbons (Fsp3) is 0.647. The van der Waals surface area contributed by atoms with E-state index in [1.54, 1.807) is 0 Å². The number of ether oxygens (including phenoxy) is 1. The van der Waals surface area contributed by atoms with E-state index in [9.17, 15) is 5.11 Å². The first-order chi connectivity index (χ1) is 9.13. The zero-order chi connectivity index (χ0) is 13.7. The summed E-state index contributed by atoms with van der Waals surface area (Å²) in [6.45, 7) is 5.12. The Labute approximate surface area is 116 Å². The van der Waals surface area contributed by atoms with Crippen LogP contribution in [0.1, 0.15) is 48.8 Å². The van der Waals surface area contributed by atoms with Crippen LogP contribution in [-0.2, 0) is 11.2 Å². The number of aryl methyl sites for hydroxylation is 2. The van der Waals surface area contributed by atoms with Gasteiger partial charge in [-0.05, 0) is 57.9 Å². The summed E-state index contributed by atoms with van der Waals surface area (Å²) in [6, 6.07) is 6.52. The minimum atomic E-state index is -0.244. The van der Waals surface area contributed by atoms with Crippen LogP contribution in [0.25, 0.3) is 0 Å². The predicted octanol–water partition coefficient (Wildman–Crippen LogP) is 3.56. The van der Waals surface area contributed by atoms with Crippen LogP contribution < -0.4 is 0 Å². The summed E-state index contributed by atoms with van der Waals surface area (Å²) in [5.41, 5.74) is 3.80. The molecule has 1 fully saturated rings. The van der Waals surface area contributed by atoms with E-state index in [-0.39, 0.29) is 6.10 Å². The van der Waals surface area contributed by atoms with Gasteiger partial charge in [0.25, 0.3) is 0 Å². The van der Waals surface area contributed by atoms with Crippen molar-refractivity contribution in [1.29, 1.82) is 0 Å². The summed E-state index contributed by atoms with van der Waals surface area (Å²) in [7, 11) is 0. The molecular formula is C17H26O2. The third-order valence-electron chi connectivity index (χ3n) is 3.85. The van der Waals surface area contributed by atoms with Crippen molar-refractivity contribution < 1.29 is 9.84 Å². The van der Waals surface area contributed by atoms with Gasteiger partial charge in [-0.2, -0.15) is 0 Å². The van der Waals surface area contributed by atoms with Crippen molar-refractivity contribution in [2.45, 2.75) is 64.6 Å². The third kappa shape index (κ3) is 4.96. The van der Waals surface area contributed by atoms with Gasteiger partial charge in [-0.15, -0.1) is 0 Å². The van der Waals surface area contributed by atoms with Crippen molar-refractivity contribution in [2.75, 3.05) is 6.61 Å². The lowest BCUT2D eigenvalue weighted by atomic mass is 9.97. The largest absolute Gasteiger partial charge is 0.393 e. The molecule has 2 heteroatoms. The van der Waals surface area contributed by atoms with Gasteiger partial charge in [0, 0.05) is 6.61 Å². The maximum Gasteiger partial charge on any atom is 0.0581 e. The molecule has 1 N–H and O–H groups in total. The lowest BCUT2D eigenvalue weighted by Crippen LogP contribution is -2.21. The standard InChI is InChI=1S/C17H26O2/c1-13-9-14(2)11-15(10-13)12-16(18)6-7-17-5-3-4-8-19-17/h9-11,16-18H,3-8,12H2,1-2H3. The second-order valence-electron chi connectivity index (χ2n) is 5.92. The van der Waals surface area contributed by atoms with Crippen molar-refractivity contribution >= 4 is 0 Å². The van der Waals surface area contributed by atoms with Crippen molar-refractivity contribution in [1.82, 2.24) is 0 Å². The molecule has 0 radical (unpaired) electrons. The number of aliphatic hydroxyl groups is 1. The fourth-order valence-electron chi connectivity index (χ4n) is 2.97. The van der Waals surface area contributed by atoms with Gasteiger partial charge in [0.15, 0.2) is 0 Å². The van der Waals surface area contributed by atoms with Gasteiger partial charge in [0.2, 0.25) is 0 Å². The molecule has 0 amide bonds. The molecule has 1 aliphatic rings. The van der Waals surface area contributed by atoms with E-state index in [0.29, 0.717) is 6.10 Å². The first kappa shape index (κ1) is 14.5. The Bertz CT molecular complexity index is 374. The molecule has 1 aliphatic heterocycles. The molecule has 2 unspecified atom stereocenters. The number of hydrogen-bond acceptors (Lipinski definition) is 2. The number of aliphatic hydroxyl groups excluding tert-OH is 1. The predicted molar refractivity (Wildman–Crippen MR) is 78.5 cm³/mol. The zero-order valence-corrected chi connectivity index (χ0v) is 12.2. The van der Waals surface area contributed by atoms with Gasteiger partial charge >= 0.3 is 0 Å². The molecule has 1 aromatic rings. The molecule has 2 rings (SSSR count). The van der Waals surface area contributed by atoms with E-state index in [0.717, 1.165) is 32.3 Å². The number of rotatable bonds is 5. The van der Waals surface area contributed by atoms with Crippen LogP contribution in [0.4, 0.5) is 0 Å². The second-order valence-corrected chi connectivity index (χ2v) is 5.92. The molecule has 0 bridgehead atoms. The smallest absolute Gasteiger partial charge is 0.0581 e. The van der Waals surface area contributed by atoms with E-state index in [4.69, 9.17) is 4.74 Å². The quantitative estimate of drug-likeness (QED) is 0.879. The summed E-state index contributed by atoms with van der Waals surface area (Å²) in [5.74, 6) is 0. The van der Waals surface area contributed by atoms with Gasteiger partial charge in [-0.3, -0.25) is 0 Å². The van der Waals surface area contributed by atoms with Gasteiger partial charge in [-0.1, -0.05) is 29.3 Å². The normalized spacial score (nSPS) is 21.3. The van der Waals surface area contributed by atoms with Crippen LogP contribution in [0.15, 0.2) is 18.2 Å². The molecule has 19 heavy (non-hydrogen) atoms. The Morgan fingerprint density at radius 1 is 1.21 bits per heavy atom. The maximum absolute atomic E-state index is 10.2. The lowest BCUT2D eigenvalue weighted by Gasteiger charge is -2.23. The van der Waals surface area contributed by atoms with Crippen LogP contribution in [-0.4, -0.2) is 23.9 Å². The molecule has 1 aromatic carbocycles. The summed E-state index contributed by atoms with van der Waals surface area (Å²) in [4.78, 5) is 0. The number of hydrogen-bond donors (Lipinski definition) is 1. The molecule has 0 spiro atoms. The minimum Gasteiger partial charge on any atom is -0.393 e. The summed E-state index contributed by atoms with van der Waals surface area (Å²) in [6.07, 6.45) is 6.36. The van der Waals surface area contributed by atoms with Crippen LogP contribution in [0.5, 0.6) is 0 Å². The first-order valence-electron chi connectivity index (χ1n) is 7.50. The zero-order valence-electron chi connectivity index (χ0n) is 12.2. The molecule has 1 saturated heterocycles. The van der Waals surface area contributed by atoms with Gasteiger partial charge in [0.05, 0.1) is 12.2 Å². The average Bonchev–Trinajstić information content (AvgIpc) is 2.36. The topological polar surface area (TPSA) is 29.5 Å². The van der Waals surface area contributed by atoms with Crippen LogP contribution in [0.3, 0.4) is 0 Å². The minimum absolute atomic E-state index is 0.244. The highest BCUT2D eigenvalue weighted by atomic mass is 16.5. The third-order valence-corrected chi connectivity index (χ3v) is 3.85. The van der Waals surface area contributed by atoms with E-state index in [1.807, 2.05) is 0 Å². The van der Waals surface area contributed by atoms with E-state index in [1.165, 1.54) is 29.5 Å². The lowest BCUT2D eigenvalue weighted by molar-refractivity contribution is 0.00234. The van der Waals surface area contributed by atoms with E-state index < -0.39 is 0 Å². The molecular weight excluding hydrogens is 236 g/mol. The highest BCUT2D eigenvalue weighted by Gasteiger charge is 2.15. The SMILES string of the molecule is Cc1cc(C)cc(CC(O)CCC2CCCCO2)c1. The van der Waals surface area contributed by atoms with Gasteiger partial charge < -0.3 is 9.84 Å². The Hall–Kier alpha value is -0.860. The summed E-state index contributed by atoms with van der Waals surface area (Å²) in [5, 5.41) is 10.2. The monoisotopic (exact) mass is 262 g/mol. The molecule has 2 nitrogen and oxygen atoms in total. The second kappa shape index (κ2) is 7.06. The molecule has 0 saturated carbocycles. The Balaban J connectivity index is 1.78. The van der Waals surface area contributed by atoms with E-state index >= 15 is 0 Å². The van der Waals surface area contributed by atoms with Gasteiger partial charge in [-0.25, -0.2) is 0 Å². The molecule has 0 aromatic heterocycles. The van der Waals surface area contributed by atoms with Crippen LogP contribution in [0.2, 0.25) is 0 Å². The Morgan fingerprint density at radius 2 is 1.95 bits per heavy atom. The molecule has 1 heterocycles. The highest BCUT2D eigenvalue weighted by molar-refractivity contribution is 5.28. The van der Waals surface area contributed by atoms with Crippen molar-refractivity contribution in [3.63, 3.8) is 0 Å². The summed E-state index contributed by atoms with van der Waals surface area (Å²) < 4.78 is 5.71. The molecule has 2 atom stereocenters. The number of benzene rings is 1. The van der Waals surface area contributed by atoms with Crippen molar-refractivity contribution in [3.8, 4) is 0 Å². The Morgan fingerprint density at radius 3 is 2.58 bits per heavy atom.